The molecule has 1 unspecified atom stereocenters. The second-order valence-corrected chi connectivity index (χ2v) is 4.48. The van der Waals surface area contributed by atoms with E-state index in [-0.39, 0.29) is 11.2 Å². The Labute approximate surface area is 93.4 Å². The fraction of sp³-hybridized carbons (Fsp3) is 0.600. The molecule has 1 atom stereocenters. The van der Waals surface area contributed by atoms with Crippen LogP contribution in [-0.4, -0.2) is 36.5 Å². The van der Waals surface area contributed by atoms with Gasteiger partial charge in [-0.2, -0.15) is 0 Å². The summed E-state index contributed by atoms with van der Waals surface area (Å²) in [5.74, 6) is 0.724. The maximum Gasteiger partial charge on any atom is 0.330 e. The van der Waals surface area contributed by atoms with Gasteiger partial charge in [0.25, 0.3) is 0 Å². The van der Waals surface area contributed by atoms with Gasteiger partial charge in [0.15, 0.2) is 0 Å². The van der Waals surface area contributed by atoms with E-state index in [1.54, 1.807) is 17.8 Å². The van der Waals surface area contributed by atoms with Crippen molar-refractivity contribution in [1.82, 2.24) is 5.32 Å². The largest absolute Gasteiger partial charge is 0.466 e. The normalized spacial score (nSPS) is 20.5. The zero-order chi connectivity index (χ0) is 11.1. The van der Waals surface area contributed by atoms with Crippen LogP contribution in [0.15, 0.2) is 12.2 Å². The second-order valence-electron chi connectivity index (χ2n) is 3.17. The van der Waals surface area contributed by atoms with Gasteiger partial charge in [0.1, 0.15) is 0 Å². The third-order valence-corrected chi connectivity index (χ3v) is 3.45. The molecule has 1 fully saturated rings. The lowest BCUT2D eigenvalue weighted by Gasteiger charge is -2.07. The second kappa shape index (κ2) is 6.50. The molecular weight excluding hydrogens is 214 g/mol. The smallest absolute Gasteiger partial charge is 0.330 e. The molecule has 0 radical (unpaired) electrons. The molecule has 1 aliphatic rings. The van der Waals surface area contributed by atoms with Crippen LogP contribution < -0.4 is 5.32 Å². The summed E-state index contributed by atoms with van der Waals surface area (Å²) in [6, 6.07) is 0. The van der Waals surface area contributed by atoms with E-state index in [0.717, 1.165) is 18.6 Å². The number of carbonyl (C=O) groups is 2. The zero-order valence-electron chi connectivity index (χ0n) is 8.69. The fourth-order valence-electron chi connectivity index (χ4n) is 1.28. The number of ether oxygens (including phenoxy) is 1. The fourth-order valence-corrected chi connectivity index (χ4v) is 2.47. The topological polar surface area (TPSA) is 55.4 Å². The van der Waals surface area contributed by atoms with Gasteiger partial charge in [-0.15, -0.1) is 11.8 Å². The summed E-state index contributed by atoms with van der Waals surface area (Å²) in [6.45, 7) is 0.380. The molecule has 1 rings (SSSR count). The van der Waals surface area contributed by atoms with Crippen LogP contribution >= 0.6 is 11.8 Å². The van der Waals surface area contributed by atoms with Gasteiger partial charge in [-0.1, -0.05) is 6.08 Å². The van der Waals surface area contributed by atoms with Crippen LogP contribution in [0, 0.1) is 0 Å². The Bertz CT molecular complexity index is 259. The molecule has 0 spiro atoms. The summed E-state index contributed by atoms with van der Waals surface area (Å²) in [4.78, 5) is 22.2. The molecule has 0 aliphatic carbocycles. The molecule has 0 aromatic rings. The summed E-state index contributed by atoms with van der Waals surface area (Å²) < 4.78 is 4.41. The molecule has 84 valence electrons. The van der Waals surface area contributed by atoms with Gasteiger partial charge in [-0.05, 0) is 18.6 Å². The van der Waals surface area contributed by atoms with E-state index >= 15 is 0 Å². The van der Waals surface area contributed by atoms with E-state index < -0.39 is 5.97 Å². The lowest BCUT2D eigenvalue weighted by atomic mass is 10.2. The molecule has 5 heteroatoms. The number of amides is 1. The van der Waals surface area contributed by atoms with Crippen LogP contribution in [0.25, 0.3) is 0 Å². The number of thioether (sulfide) groups is 1. The Hall–Kier alpha value is -0.970. The summed E-state index contributed by atoms with van der Waals surface area (Å²) in [5, 5.41) is 2.84. The van der Waals surface area contributed by atoms with Gasteiger partial charge in [0, 0.05) is 12.6 Å². The van der Waals surface area contributed by atoms with Crippen molar-refractivity contribution in [2.75, 3.05) is 19.4 Å². The van der Waals surface area contributed by atoms with Gasteiger partial charge in [-0.3, -0.25) is 4.79 Å². The molecular formula is C10H15NO3S. The van der Waals surface area contributed by atoms with Gasteiger partial charge in [0.2, 0.25) is 5.91 Å². The molecule has 1 N–H and O–H groups in total. The lowest BCUT2D eigenvalue weighted by molar-refractivity contribution is -0.134. The molecule has 0 saturated carbocycles. The molecule has 1 saturated heterocycles. The van der Waals surface area contributed by atoms with Gasteiger partial charge < -0.3 is 10.1 Å². The number of hydrogen-bond acceptors (Lipinski definition) is 4. The number of hydrogen-bond donors (Lipinski definition) is 1. The molecule has 15 heavy (non-hydrogen) atoms. The zero-order valence-corrected chi connectivity index (χ0v) is 9.51. The highest BCUT2D eigenvalue weighted by molar-refractivity contribution is 8.00. The predicted molar refractivity (Wildman–Crippen MR) is 59.6 cm³/mol. The van der Waals surface area contributed by atoms with Crippen molar-refractivity contribution in [1.29, 1.82) is 0 Å². The van der Waals surface area contributed by atoms with E-state index in [2.05, 4.69) is 10.1 Å². The van der Waals surface area contributed by atoms with E-state index in [4.69, 9.17) is 0 Å². The van der Waals surface area contributed by atoms with E-state index in [1.807, 2.05) is 0 Å². The van der Waals surface area contributed by atoms with Crippen molar-refractivity contribution < 1.29 is 14.3 Å². The van der Waals surface area contributed by atoms with Crippen molar-refractivity contribution in [3.8, 4) is 0 Å². The minimum absolute atomic E-state index is 0.0621. The summed E-state index contributed by atoms with van der Waals surface area (Å²) in [6.07, 6.45) is 4.96. The first kappa shape index (κ1) is 12.1. The first-order valence-electron chi connectivity index (χ1n) is 4.88. The molecule has 1 aliphatic heterocycles. The van der Waals surface area contributed by atoms with Crippen LogP contribution in [0.1, 0.15) is 12.8 Å². The summed E-state index contributed by atoms with van der Waals surface area (Å²) in [5.41, 5.74) is 0. The highest BCUT2D eigenvalue weighted by Crippen LogP contribution is 2.25. The number of esters is 1. The molecule has 0 bridgehead atoms. The summed E-state index contributed by atoms with van der Waals surface area (Å²) in [7, 11) is 1.32. The Morgan fingerprint density at radius 1 is 1.60 bits per heavy atom. The highest BCUT2D eigenvalue weighted by atomic mass is 32.2. The molecule has 4 nitrogen and oxygen atoms in total. The van der Waals surface area contributed by atoms with Crippen molar-refractivity contribution in [2.24, 2.45) is 0 Å². The predicted octanol–water partition coefficient (Wildman–Crippen LogP) is 0.727. The minimum atomic E-state index is -0.403. The molecule has 0 aromatic heterocycles. The van der Waals surface area contributed by atoms with Crippen LogP contribution in [-0.2, 0) is 14.3 Å². The Kier molecular flexibility index (Phi) is 5.25. The van der Waals surface area contributed by atoms with Crippen molar-refractivity contribution in [3.63, 3.8) is 0 Å². The minimum Gasteiger partial charge on any atom is -0.466 e. The monoisotopic (exact) mass is 229 g/mol. The maximum atomic E-state index is 11.5. The number of nitrogens with one attached hydrogen (secondary N) is 1. The van der Waals surface area contributed by atoms with Crippen LogP contribution in [0.4, 0.5) is 0 Å². The highest BCUT2D eigenvalue weighted by Gasteiger charge is 2.22. The Balaban J connectivity index is 2.16. The van der Waals surface area contributed by atoms with E-state index in [9.17, 15) is 9.59 Å². The quantitative estimate of drug-likeness (QED) is 0.570. The Morgan fingerprint density at radius 2 is 2.40 bits per heavy atom. The number of methoxy groups -OCH3 is 1. The van der Waals surface area contributed by atoms with E-state index in [0.29, 0.717) is 6.54 Å². The third kappa shape index (κ3) is 4.38. The third-order valence-electron chi connectivity index (χ3n) is 2.07. The average Bonchev–Trinajstić information content (AvgIpc) is 2.77. The van der Waals surface area contributed by atoms with Gasteiger partial charge in [0.05, 0.1) is 12.4 Å². The molecule has 1 amide bonds. The van der Waals surface area contributed by atoms with Crippen LogP contribution in [0.3, 0.4) is 0 Å². The van der Waals surface area contributed by atoms with Gasteiger partial charge >= 0.3 is 5.97 Å². The van der Waals surface area contributed by atoms with Gasteiger partial charge in [-0.25, -0.2) is 4.79 Å². The van der Waals surface area contributed by atoms with Crippen molar-refractivity contribution >= 4 is 23.6 Å². The summed E-state index contributed by atoms with van der Waals surface area (Å²) >= 11 is 1.69. The standard InChI is InChI=1S/C10H15NO3S/c1-14-9(12)5-2-6-11-10(13)8-4-3-7-15-8/h2,5,8H,3-4,6-7H2,1H3,(H,11,13)/b5-2+. The molecule has 1 heterocycles. The SMILES string of the molecule is COC(=O)/C=C/CNC(=O)C1CCCS1. The van der Waals surface area contributed by atoms with E-state index in [1.165, 1.54) is 13.2 Å². The van der Waals surface area contributed by atoms with Crippen LogP contribution in [0.2, 0.25) is 0 Å². The van der Waals surface area contributed by atoms with Crippen molar-refractivity contribution in [2.45, 2.75) is 18.1 Å². The van der Waals surface area contributed by atoms with Crippen molar-refractivity contribution in [3.05, 3.63) is 12.2 Å². The Morgan fingerprint density at radius 3 is 3.00 bits per heavy atom. The number of carbonyl (C=O) groups excluding carboxylic acids is 2. The lowest BCUT2D eigenvalue weighted by Crippen LogP contribution is -2.31. The average molecular weight is 229 g/mol. The number of rotatable bonds is 4. The molecule has 0 aromatic carbocycles. The maximum absolute atomic E-state index is 11.5. The first-order valence-corrected chi connectivity index (χ1v) is 5.92. The van der Waals surface area contributed by atoms with Crippen LogP contribution in [0.5, 0.6) is 0 Å². The first-order chi connectivity index (χ1) is 7.24.